The van der Waals surface area contributed by atoms with Crippen molar-refractivity contribution in [2.45, 2.75) is 91.0 Å². The maximum absolute atomic E-state index is 14.4. The first-order valence-corrected chi connectivity index (χ1v) is 15.3. The molecule has 1 aliphatic heterocycles. The lowest BCUT2D eigenvalue weighted by Gasteiger charge is -2.35. The Hall–Kier alpha value is -3.43. The van der Waals surface area contributed by atoms with E-state index in [-0.39, 0.29) is 47.0 Å². The van der Waals surface area contributed by atoms with Gasteiger partial charge in [-0.1, -0.05) is 64.8 Å². The number of nitrogens with one attached hydrogen (secondary N) is 2. The Morgan fingerprint density at radius 3 is 2.19 bits per heavy atom. The van der Waals surface area contributed by atoms with Gasteiger partial charge in [0.25, 0.3) is 5.91 Å². The van der Waals surface area contributed by atoms with Gasteiger partial charge in [-0.3, -0.25) is 19.2 Å². The molecule has 6 unspecified atom stereocenters. The summed E-state index contributed by atoms with van der Waals surface area (Å²) in [5, 5.41) is 5.67. The Morgan fingerprint density at radius 2 is 1.64 bits per heavy atom. The van der Waals surface area contributed by atoms with Crippen LogP contribution in [0, 0.1) is 35.0 Å². The summed E-state index contributed by atoms with van der Waals surface area (Å²) in [6.07, 6.45) is 2.47. The standard InChI is InChI=1S/C32H44N4O6/c1-16(2)17(3)42-31(41)35-25(21-13-19-8-6-7-9-20(19)14-21)30(40)36-15-22-24(32(22,4)5)26(36)29(39)34-23(12-18-10-11-18)27(37)28(33)38/h6-9,16-18,21-26H,10-15H2,1-5H3,(H2,33,38)(H,34,39)(H,35,41). The van der Waals surface area contributed by atoms with Gasteiger partial charge in [0, 0.05) is 6.54 Å². The minimum Gasteiger partial charge on any atom is -0.446 e. The zero-order valence-electron chi connectivity index (χ0n) is 25.2. The highest BCUT2D eigenvalue weighted by Crippen LogP contribution is 2.65. The monoisotopic (exact) mass is 580 g/mol. The average molecular weight is 581 g/mol. The molecule has 1 saturated heterocycles. The molecule has 10 heteroatoms. The van der Waals surface area contributed by atoms with Crippen molar-refractivity contribution in [1.29, 1.82) is 0 Å². The van der Waals surface area contributed by atoms with Gasteiger partial charge in [-0.15, -0.1) is 0 Å². The number of hydrogen-bond donors (Lipinski definition) is 3. The first-order valence-electron chi connectivity index (χ1n) is 15.3. The van der Waals surface area contributed by atoms with Crippen LogP contribution in [0.1, 0.15) is 65.0 Å². The van der Waals surface area contributed by atoms with Crippen molar-refractivity contribution in [3.63, 3.8) is 0 Å². The number of fused-ring (bicyclic) bond motifs is 2. The third-order valence-corrected chi connectivity index (χ3v) is 10.2. The predicted molar refractivity (Wildman–Crippen MR) is 155 cm³/mol. The Bertz CT molecular complexity index is 1250. The summed E-state index contributed by atoms with van der Waals surface area (Å²) in [5.74, 6) is -2.50. The number of carbonyl (C=O) groups excluding carboxylic acids is 5. The van der Waals surface area contributed by atoms with Gasteiger partial charge in [0.1, 0.15) is 18.2 Å². The number of hydrogen-bond acceptors (Lipinski definition) is 6. The number of ketones is 1. The van der Waals surface area contributed by atoms with E-state index in [0.29, 0.717) is 25.8 Å². The van der Waals surface area contributed by atoms with Crippen LogP contribution in [0.4, 0.5) is 4.79 Å². The second-order valence-corrected chi connectivity index (χ2v) is 13.8. The summed E-state index contributed by atoms with van der Waals surface area (Å²) in [4.78, 5) is 67.2. The fourth-order valence-electron chi connectivity index (χ4n) is 7.01. The molecular weight excluding hydrogens is 536 g/mol. The summed E-state index contributed by atoms with van der Waals surface area (Å²) in [7, 11) is 0. The molecule has 4 amide bonds. The van der Waals surface area contributed by atoms with Gasteiger partial charge in [-0.25, -0.2) is 4.79 Å². The molecule has 4 aliphatic rings. The van der Waals surface area contributed by atoms with E-state index in [0.717, 1.165) is 24.0 Å². The van der Waals surface area contributed by atoms with Crippen molar-refractivity contribution in [3.05, 3.63) is 35.4 Å². The Labute approximate surface area is 247 Å². The number of nitrogens with two attached hydrogens (primary N) is 1. The van der Waals surface area contributed by atoms with Crippen molar-refractivity contribution in [2.24, 2.45) is 40.7 Å². The van der Waals surface area contributed by atoms with E-state index >= 15 is 0 Å². The smallest absolute Gasteiger partial charge is 0.408 e. The van der Waals surface area contributed by atoms with Crippen LogP contribution in [-0.2, 0) is 36.8 Å². The second-order valence-electron chi connectivity index (χ2n) is 13.8. The zero-order valence-corrected chi connectivity index (χ0v) is 25.2. The van der Waals surface area contributed by atoms with Crippen LogP contribution in [0.25, 0.3) is 0 Å². The molecule has 4 N–H and O–H groups in total. The minimum atomic E-state index is -1.08. The van der Waals surface area contributed by atoms with Crippen molar-refractivity contribution >= 4 is 29.6 Å². The highest BCUT2D eigenvalue weighted by molar-refractivity contribution is 6.37. The topological polar surface area (TPSA) is 148 Å². The summed E-state index contributed by atoms with van der Waals surface area (Å²) in [6.45, 7) is 10.3. The number of amides is 4. The van der Waals surface area contributed by atoms with Crippen molar-refractivity contribution in [1.82, 2.24) is 15.5 Å². The molecule has 0 spiro atoms. The SMILES string of the molecule is CC(C)C(C)OC(=O)NC(C(=O)N1CC2C(C1C(=O)NC(CC1CC1)C(=O)C(N)=O)C2(C)C)C1Cc2ccccc2C1. The molecule has 1 heterocycles. The van der Waals surface area contributed by atoms with Crippen molar-refractivity contribution < 1.29 is 28.7 Å². The lowest BCUT2D eigenvalue weighted by Crippen LogP contribution is -2.59. The lowest BCUT2D eigenvalue weighted by molar-refractivity contribution is -0.144. The number of likely N-dealkylation sites (tertiary alicyclic amines) is 1. The maximum Gasteiger partial charge on any atom is 0.408 e. The van der Waals surface area contributed by atoms with E-state index in [2.05, 4.69) is 24.5 Å². The quantitative estimate of drug-likeness (QED) is 0.342. The normalized spacial score (nSPS) is 26.0. The highest BCUT2D eigenvalue weighted by atomic mass is 16.6. The van der Waals surface area contributed by atoms with E-state index in [1.165, 1.54) is 0 Å². The van der Waals surface area contributed by atoms with E-state index in [9.17, 15) is 24.0 Å². The number of benzene rings is 1. The van der Waals surface area contributed by atoms with Crippen LogP contribution in [0.15, 0.2) is 24.3 Å². The maximum atomic E-state index is 14.4. The molecule has 3 fully saturated rings. The zero-order chi connectivity index (χ0) is 30.5. The first kappa shape index (κ1) is 30.0. The number of piperidine rings is 1. The van der Waals surface area contributed by atoms with Gasteiger partial charge >= 0.3 is 6.09 Å². The summed E-state index contributed by atoms with van der Waals surface area (Å²) < 4.78 is 5.59. The molecule has 10 nitrogen and oxygen atoms in total. The molecule has 2 saturated carbocycles. The molecule has 1 aromatic carbocycles. The minimum absolute atomic E-state index is 0.0963. The number of rotatable bonds is 11. The van der Waals surface area contributed by atoms with Crippen LogP contribution < -0.4 is 16.4 Å². The lowest BCUT2D eigenvalue weighted by atomic mass is 9.93. The molecule has 5 rings (SSSR count). The molecular formula is C32H44N4O6. The Kier molecular flexibility index (Phi) is 8.11. The molecule has 0 radical (unpaired) electrons. The van der Waals surface area contributed by atoms with E-state index in [4.69, 9.17) is 10.5 Å². The van der Waals surface area contributed by atoms with E-state index in [1.54, 1.807) is 4.90 Å². The number of primary amides is 1. The summed E-state index contributed by atoms with van der Waals surface area (Å²) in [6, 6.07) is 5.28. The highest BCUT2D eigenvalue weighted by Gasteiger charge is 2.69. The molecule has 1 aromatic rings. The molecule has 3 aliphatic carbocycles. The van der Waals surface area contributed by atoms with Crippen molar-refractivity contribution in [2.75, 3.05) is 6.54 Å². The Balaban J connectivity index is 1.39. The third kappa shape index (κ3) is 5.90. The predicted octanol–water partition coefficient (Wildman–Crippen LogP) is 2.36. The van der Waals surface area contributed by atoms with Gasteiger partial charge in [0.15, 0.2) is 0 Å². The van der Waals surface area contributed by atoms with E-state index in [1.807, 2.05) is 45.0 Å². The Morgan fingerprint density at radius 1 is 1.02 bits per heavy atom. The molecule has 0 aromatic heterocycles. The largest absolute Gasteiger partial charge is 0.446 e. The molecule has 42 heavy (non-hydrogen) atoms. The first-order chi connectivity index (χ1) is 19.8. The molecule has 6 atom stereocenters. The van der Waals surface area contributed by atoms with E-state index < -0.39 is 41.8 Å². The number of ether oxygens (including phenoxy) is 1. The van der Waals surface area contributed by atoms with Crippen LogP contribution in [0.2, 0.25) is 0 Å². The number of alkyl carbamates (subject to hydrolysis) is 1. The van der Waals surface area contributed by atoms with Gasteiger partial charge < -0.3 is 26.0 Å². The van der Waals surface area contributed by atoms with Crippen LogP contribution >= 0.6 is 0 Å². The molecule has 0 bridgehead atoms. The second kappa shape index (κ2) is 11.3. The fraction of sp³-hybridized carbons (Fsp3) is 0.656. The summed E-state index contributed by atoms with van der Waals surface area (Å²) >= 11 is 0. The average Bonchev–Trinajstić information content (AvgIpc) is 3.68. The van der Waals surface area contributed by atoms with Gasteiger partial charge in [-0.2, -0.15) is 0 Å². The molecule has 228 valence electrons. The summed E-state index contributed by atoms with van der Waals surface area (Å²) in [5.41, 5.74) is 7.42. The fourth-order valence-corrected chi connectivity index (χ4v) is 7.01. The van der Waals surface area contributed by atoms with Crippen molar-refractivity contribution in [3.8, 4) is 0 Å². The number of Topliss-reactive ketones (excluding diaryl/α,β-unsaturated/α-hetero) is 1. The van der Waals surface area contributed by atoms with Crippen LogP contribution in [0.3, 0.4) is 0 Å². The third-order valence-electron chi connectivity index (χ3n) is 10.2. The van der Waals surface area contributed by atoms with Gasteiger partial charge in [0.2, 0.25) is 17.6 Å². The van der Waals surface area contributed by atoms with Crippen LogP contribution in [-0.4, -0.2) is 65.3 Å². The van der Waals surface area contributed by atoms with Crippen LogP contribution in [0.5, 0.6) is 0 Å². The number of nitrogens with zero attached hydrogens (tertiary/aromatic N) is 1. The number of carbonyl (C=O) groups is 5. The van der Waals surface area contributed by atoms with Gasteiger partial charge in [-0.05, 0) is 72.3 Å². The van der Waals surface area contributed by atoms with Gasteiger partial charge in [0.05, 0.1) is 6.04 Å².